The lowest BCUT2D eigenvalue weighted by molar-refractivity contribution is 0.0212. The van der Waals surface area contributed by atoms with Gasteiger partial charge in [0.25, 0.3) is 5.91 Å². The molecule has 1 saturated heterocycles. The maximum Gasteiger partial charge on any atom is 0.252 e. The fraction of sp³-hybridized carbons (Fsp3) is 0.632. The molecule has 3 rings (SSSR count). The third kappa shape index (κ3) is 3.36. The predicted octanol–water partition coefficient (Wildman–Crippen LogP) is 2.90. The molecular weight excluding hydrogens is 304 g/mol. The SMILES string of the molecule is COc1ccc(C(=O)NC2C3CCCCC3CCN2C)cc1OC. The molecule has 5 nitrogen and oxygen atoms in total. The van der Waals surface area contributed by atoms with Crippen molar-refractivity contribution in [2.45, 2.75) is 38.3 Å². The Morgan fingerprint density at radius 1 is 1.12 bits per heavy atom. The van der Waals surface area contributed by atoms with Crippen molar-refractivity contribution < 1.29 is 14.3 Å². The molecule has 1 amide bonds. The van der Waals surface area contributed by atoms with Gasteiger partial charge in [-0.25, -0.2) is 0 Å². The lowest BCUT2D eigenvalue weighted by atomic mass is 9.73. The van der Waals surface area contributed by atoms with E-state index < -0.39 is 0 Å². The Hall–Kier alpha value is -1.75. The Morgan fingerprint density at radius 3 is 2.62 bits per heavy atom. The largest absolute Gasteiger partial charge is 0.493 e. The second-order valence-electron chi connectivity index (χ2n) is 6.97. The highest BCUT2D eigenvalue weighted by atomic mass is 16.5. The first-order valence-corrected chi connectivity index (χ1v) is 8.87. The Balaban J connectivity index is 1.75. The summed E-state index contributed by atoms with van der Waals surface area (Å²) in [4.78, 5) is 15.1. The number of piperidine rings is 1. The van der Waals surface area contributed by atoms with Crippen LogP contribution in [0.25, 0.3) is 0 Å². The number of carbonyl (C=O) groups excluding carboxylic acids is 1. The highest BCUT2D eigenvalue weighted by Gasteiger charge is 2.38. The molecule has 0 bridgehead atoms. The van der Waals surface area contributed by atoms with Crippen molar-refractivity contribution in [1.29, 1.82) is 0 Å². The van der Waals surface area contributed by atoms with Crippen LogP contribution >= 0.6 is 0 Å². The lowest BCUT2D eigenvalue weighted by Gasteiger charge is -2.46. The minimum Gasteiger partial charge on any atom is -0.493 e. The van der Waals surface area contributed by atoms with E-state index in [-0.39, 0.29) is 12.1 Å². The molecule has 0 radical (unpaired) electrons. The molecular formula is C19H28N2O3. The van der Waals surface area contributed by atoms with Crippen LogP contribution in [0.4, 0.5) is 0 Å². The fourth-order valence-corrected chi connectivity index (χ4v) is 4.26. The number of hydrogen-bond acceptors (Lipinski definition) is 4. The van der Waals surface area contributed by atoms with E-state index in [1.165, 1.54) is 32.1 Å². The van der Waals surface area contributed by atoms with Crippen molar-refractivity contribution >= 4 is 5.91 Å². The molecule has 1 aromatic carbocycles. The third-order valence-corrected chi connectivity index (χ3v) is 5.63. The number of nitrogens with zero attached hydrogens (tertiary/aromatic N) is 1. The summed E-state index contributed by atoms with van der Waals surface area (Å²) in [5.74, 6) is 2.50. The number of hydrogen-bond donors (Lipinski definition) is 1. The van der Waals surface area contributed by atoms with Gasteiger partial charge in [0, 0.05) is 12.1 Å². The van der Waals surface area contributed by atoms with E-state index in [4.69, 9.17) is 9.47 Å². The van der Waals surface area contributed by atoms with Crippen LogP contribution in [0.5, 0.6) is 11.5 Å². The minimum atomic E-state index is -0.0426. The first-order valence-electron chi connectivity index (χ1n) is 8.87. The second-order valence-corrected chi connectivity index (χ2v) is 6.97. The molecule has 24 heavy (non-hydrogen) atoms. The van der Waals surface area contributed by atoms with Gasteiger partial charge in [-0.2, -0.15) is 0 Å². The maximum absolute atomic E-state index is 12.8. The highest BCUT2D eigenvalue weighted by Crippen LogP contribution is 2.38. The van der Waals surface area contributed by atoms with Crippen LogP contribution < -0.4 is 14.8 Å². The van der Waals surface area contributed by atoms with E-state index in [1.54, 1.807) is 32.4 Å². The average Bonchev–Trinajstić information content (AvgIpc) is 2.63. The zero-order valence-electron chi connectivity index (χ0n) is 14.9. The number of rotatable bonds is 4. The summed E-state index contributed by atoms with van der Waals surface area (Å²) in [5, 5.41) is 3.26. The van der Waals surface area contributed by atoms with Gasteiger partial charge in [-0.1, -0.05) is 19.3 Å². The first kappa shape index (κ1) is 17.1. The monoisotopic (exact) mass is 332 g/mol. The Kier molecular flexibility index (Phi) is 5.29. The zero-order chi connectivity index (χ0) is 17.1. The van der Waals surface area contributed by atoms with Crippen LogP contribution in [-0.4, -0.2) is 44.8 Å². The van der Waals surface area contributed by atoms with E-state index >= 15 is 0 Å². The number of amides is 1. The van der Waals surface area contributed by atoms with Crippen molar-refractivity contribution in [3.8, 4) is 11.5 Å². The quantitative estimate of drug-likeness (QED) is 0.921. The molecule has 3 atom stereocenters. The standard InChI is InChI=1S/C19H28N2O3/c1-21-11-10-13-6-4-5-7-15(13)18(21)20-19(22)14-8-9-16(23-2)17(12-14)24-3/h8-9,12-13,15,18H,4-7,10-11H2,1-3H3,(H,20,22). The van der Waals surface area contributed by atoms with Gasteiger partial charge in [-0.05, 0) is 49.9 Å². The number of likely N-dealkylation sites (tertiary alicyclic amines) is 1. The highest BCUT2D eigenvalue weighted by molar-refractivity contribution is 5.95. The van der Waals surface area contributed by atoms with Crippen LogP contribution in [0.3, 0.4) is 0 Å². The van der Waals surface area contributed by atoms with Crippen molar-refractivity contribution in [3.63, 3.8) is 0 Å². The Labute approximate surface area is 144 Å². The second kappa shape index (κ2) is 7.43. The van der Waals surface area contributed by atoms with E-state index in [2.05, 4.69) is 17.3 Å². The molecule has 1 N–H and O–H groups in total. The predicted molar refractivity (Wildman–Crippen MR) is 93.5 cm³/mol. The smallest absolute Gasteiger partial charge is 0.252 e. The van der Waals surface area contributed by atoms with Crippen molar-refractivity contribution in [2.75, 3.05) is 27.8 Å². The van der Waals surface area contributed by atoms with Gasteiger partial charge < -0.3 is 14.8 Å². The lowest BCUT2D eigenvalue weighted by Crippen LogP contribution is -2.57. The zero-order valence-corrected chi connectivity index (χ0v) is 14.9. The summed E-state index contributed by atoms with van der Waals surface area (Å²) in [6, 6.07) is 5.31. The number of methoxy groups -OCH3 is 2. The van der Waals surface area contributed by atoms with Gasteiger partial charge in [0.2, 0.25) is 0 Å². The average molecular weight is 332 g/mol. The number of benzene rings is 1. The van der Waals surface area contributed by atoms with Crippen LogP contribution in [-0.2, 0) is 0 Å². The Bertz CT molecular complexity index is 590. The topological polar surface area (TPSA) is 50.8 Å². The van der Waals surface area contributed by atoms with Crippen LogP contribution in [0.2, 0.25) is 0 Å². The van der Waals surface area contributed by atoms with Gasteiger partial charge in [0.05, 0.1) is 20.4 Å². The van der Waals surface area contributed by atoms with Gasteiger partial charge >= 0.3 is 0 Å². The molecule has 1 aromatic rings. The molecule has 1 heterocycles. The summed E-state index contributed by atoms with van der Waals surface area (Å²) in [7, 11) is 5.29. The van der Waals surface area contributed by atoms with E-state index in [0.29, 0.717) is 23.0 Å². The van der Waals surface area contributed by atoms with Crippen molar-refractivity contribution in [2.24, 2.45) is 11.8 Å². The number of ether oxygens (including phenoxy) is 2. The normalized spacial score (nSPS) is 27.2. The summed E-state index contributed by atoms with van der Waals surface area (Å²) >= 11 is 0. The number of carbonyl (C=O) groups is 1. The summed E-state index contributed by atoms with van der Waals surface area (Å²) in [5.41, 5.74) is 0.610. The molecule has 1 aliphatic heterocycles. The molecule has 1 aliphatic carbocycles. The van der Waals surface area contributed by atoms with E-state index in [0.717, 1.165) is 12.5 Å². The van der Waals surface area contributed by atoms with Gasteiger partial charge in [0.15, 0.2) is 11.5 Å². The molecule has 2 fully saturated rings. The van der Waals surface area contributed by atoms with Gasteiger partial charge in [-0.3, -0.25) is 9.69 Å². The molecule has 1 saturated carbocycles. The Morgan fingerprint density at radius 2 is 1.88 bits per heavy atom. The van der Waals surface area contributed by atoms with Crippen LogP contribution in [0.15, 0.2) is 18.2 Å². The molecule has 0 aromatic heterocycles. The van der Waals surface area contributed by atoms with Crippen LogP contribution in [0, 0.1) is 11.8 Å². The van der Waals surface area contributed by atoms with Crippen molar-refractivity contribution in [3.05, 3.63) is 23.8 Å². The molecule has 2 aliphatic rings. The number of fused-ring (bicyclic) bond motifs is 1. The van der Waals surface area contributed by atoms with Crippen molar-refractivity contribution in [1.82, 2.24) is 10.2 Å². The fourth-order valence-electron chi connectivity index (χ4n) is 4.26. The van der Waals surface area contributed by atoms with Gasteiger partial charge in [0.1, 0.15) is 0 Å². The maximum atomic E-state index is 12.8. The first-order chi connectivity index (χ1) is 11.6. The van der Waals surface area contributed by atoms with E-state index in [9.17, 15) is 4.79 Å². The van der Waals surface area contributed by atoms with Gasteiger partial charge in [-0.15, -0.1) is 0 Å². The molecule has 3 unspecified atom stereocenters. The summed E-state index contributed by atoms with van der Waals surface area (Å²) < 4.78 is 10.6. The van der Waals surface area contributed by atoms with E-state index in [1.807, 2.05) is 0 Å². The van der Waals surface area contributed by atoms with Crippen LogP contribution in [0.1, 0.15) is 42.5 Å². The molecule has 132 valence electrons. The summed E-state index contributed by atoms with van der Waals surface area (Å²) in [6.45, 7) is 1.05. The number of nitrogens with one attached hydrogen (secondary N) is 1. The third-order valence-electron chi connectivity index (χ3n) is 5.63. The molecule has 0 spiro atoms. The molecule has 5 heteroatoms. The summed E-state index contributed by atoms with van der Waals surface area (Å²) in [6.07, 6.45) is 6.51. The minimum absolute atomic E-state index is 0.0426.